The first-order chi connectivity index (χ1) is 5.79. The van der Waals surface area contributed by atoms with Crippen LogP contribution in [0.5, 0.6) is 0 Å². The molecule has 1 aromatic rings. The van der Waals surface area contributed by atoms with Gasteiger partial charge in [-0.1, -0.05) is 11.8 Å². The SMILES string of the molecule is CC1(CSc2ncccn2)CO1. The molecule has 64 valence electrons. The minimum Gasteiger partial charge on any atom is -0.369 e. The van der Waals surface area contributed by atoms with Gasteiger partial charge in [0, 0.05) is 18.1 Å². The molecule has 0 amide bonds. The van der Waals surface area contributed by atoms with Crippen molar-refractivity contribution >= 4 is 11.8 Å². The van der Waals surface area contributed by atoms with Crippen molar-refractivity contribution in [3.05, 3.63) is 18.5 Å². The Hall–Kier alpha value is -0.610. The summed E-state index contributed by atoms with van der Waals surface area (Å²) in [6, 6.07) is 1.82. The van der Waals surface area contributed by atoms with Gasteiger partial charge in [0.25, 0.3) is 0 Å². The van der Waals surface area contributed by atoms with Crippen LogP contribution in [0.1, 0.15) is 6.92 Å². The molecule has 0 spiro atoms. The van der Waals surface area contributed by atoms with Crippen LogP contribution >= 0.6 is 11.8 Å². The van der Waals surface area contributed by atoms with Crippen molar-refractivity contribution in [2.24, 2.45) is 0 Å². The molecule has 0 N–H and O–H groups in total. The Morgan fingerprint density at radius 2 is 2.25 bits per heavy atom. The van der Waals surface area contributed by atoms with Gasteiger partial charge < -0.3 is 4.74 Å². The van der Waals surface area contributed by atoms with Gasteiger partial charge in [-0.25, -0.2) is 9.97 Å². The zero-order valence-electron chi connectivity index (χ0n) is 6.86. The Balaban J connectivity index is 1.88. The van der Waals surface area contributed by atoms with E-state index < -0.39 is 0 Å². The molecule has 1 unspecified atom stereocenters. The maximum atomic E-state index is 5.24. The fourth-order valence-electron chi connectivity index (χ4n) is 0.784. The molecule has 1 aliphatic heterocycles. The monoisotopic (exact) mass is 182 g/mol. The number of aromatic nitrogens is 2. The van der Waals surface area contributed by atoms with Crippen LogP contribution in [0.2, 0.25) is 0 Å². The van der Waals surface area contributed by atoms with E-state index >= 15 is 0 Å². The summed E-state index contributed by atoms with van der Waals surface area (Å²) in [5.41, 5.74) is 0.0872. The summed E-state index contributed by atoms with van der Waals surface area (Å²) >= 11 is 1.64. The van der Waals surface area contributed by atoms with Crippen molar-refractivity contribution in [3.8, 4) is 0 Å². The Morgan fingerprint density at radius 1 is 1.58 bits per heavy atom. The van der Waals surface area contributed by atoms with E-state index in [2.05, 4.69) is 16.9 Å². The Morgan fingerprint density at radius 3 is 2.83 bits per heavy atom. The molecule has 2 rings (SSSR count). The first-order valence-corrected chi connectivity index (χ1v) is 4.81. The molecule has 0 bridgehead atoms. The van der Waals surface area contributed by atoms with Gasteiger partial charge in [0.15, 0.2) is 5.16 Å². The average Bonchev–Trinajstić information content (AvgIpc) is 2.84. The third kappa shape index (κ3) is 1.95. The van der Waals surface area contributed by atoms with Crippen LogP contribution in [0, 0.1) is 0 Å². The second kappa shape index (κ2) is 3.03. The van der Waals surface area contributed by atoms with Crippen LogP contribution in [-0.2, 0) is 4.74 Å². The minimum atomic E-state index is 0.0872. The van der Waals surface area contributed by atoms with E-state index in [0.717, 1.165) is 17.5 Å². The average molecular weight is 182 g/mol. The molecule has 12 heavy (non-hydrogen) atoms. The van der Waals surface area contributed by atoms with E-state index in [4.69, 9.17) is 4.74 Å². The molecule has 2 heterocycles. The number of ether oxygens (including phenoxy) is 1. The van der Waals surface area contributed by atoms with Gasteiger partial charge in [-0.05, 0) is 13.0 Å². The van der Waals surface area contributed by atoms with Crippen LogP contribution in [0.4, 0.5) is 0 Å². The third-order valence-electron chi connectivity index (χ3n) is 1.69. The Labute approximate surface area is 75.6 Å². The van der Waals surface area contributed by atoms with E-state index in [0.29, 0.717) is 0 Å². The molecular weight excluding hydrogens is 172 g/mol. The fourth-order valence-corrected chi connectivity index (χ4v) is 1.66. The quantitative estimate of drug-likeness (QED) is 0.402. The lowest BCUT2D eigenvalue weighted by molar-refractivity contribution is 0.348. The third-order valence-corrected chi connectivity index (χ3v) is 2.91. The predicted molar refractivity (Wildman–Crippen MR) is 47.1 cm³/mol. The van der Waals surface area contributed by atoms with Crippen LogP contribution in [-0.4, -0.2) is 27.9 Å². The normalized spacial score (nSPS) is 27.1. The van der Waals surface area contributed by atoms with Crippen molar-refractivity contribution < 1.29 is 4.74 Å². The van der Waals surface area contributed by atoms with Crippen molar-refractivity contribution in [1.82, 2.24) is 9.97 Å². The molecule has 0 saturated carbocycles. The molecule has 0 aliphatic carbocycles. The summed E-state index contributed by atoms with van der Waals surface area (Å²) in [4.78, 5) is 8.21. The lowest BCUT2D eigenvalue weighted by atomic mass is 10.3. The predicted octanol–water partition coefficient (Wildman–Crippen LogP) is 1.36. The van der Waals surface area contributed by atoms with Crippen LogP contribution in [0.3, 0.4) is 0 Å². The van der Waals surface area contributed by atoms with Gasteiger partial charge in [0.1, 0.15) is 0 Å². The summed E-state index contributed by atoms with van der Waals surface area (Å²) in [5, 5.41) is 0.828. The van der Waals surface area contributed by atoms with Gasteiger partial charge in [0.2, 0.25) is 0 Å². The number of hydrogen-bond acceptors (Lipinski definition) is 4. The molecule has 4 heteroatoms. The largest absolute Gasteiger partial charge is 0.369 e. The summed E-state index contributed by atoms with van der Waals surface area (Å²) in [6.45, 7) is 2.97. The fraction of sp³-hybridized carbons (Fsp3) is 0.500. The molecule has 0 aromatic carbocycles. The number of thioether (sulfide) groups is 1. The number of nitrogens with zero attached hydrogens (tertiary/aromatic N) is 2. The summed E-state index contributed by atoms with van der Waals surface area (Å²) < 4.78 is 5.24. The summed E-state index contributed by atoms with van der Waals surface area (Å²) in [6.07, 6.45) is 3.51. The van der Waals surface area contributed by atoms with Crippen molar-refractivity contribution in [2.75, 3.05) is 12.4 Å². The molecular formula is C8H10N2OS. The van der Waals surface area contributed by atoms with E-state index in [-0.39, 0.29) is 5.60 Å². The highest BCUT2D eigenvalue weighted by Gasteiger charge is 2.39. The molecule has 0 radical (unpaired) electrons. The smallest absolute Gasteiger partial charge is 0.187 e. The highest BCUT2D eigenvalue weighted by atomic mass is 32.2. The molecule has 1 fully saturated rings. The molecule has 3 nitrogen and oxygen atoms in total. The van der Waals surface area contributed by atoms with Crippen molar-refractivity contribution in [1.29, 1.82) is 0 Å². The first-order valence-electron chi connectivity index (χ1n) is 3.82. The van der Waals surface area contributed by atoms with Gasteiger partial charge in [0.05, 0.1) is 12.2 Å². The van der Waals surface area contributed by atoms with E-state index in [1.54, 1.807) is 24.2 Å². The Bertz CT molecular complexity index is 261. The number of epoxide rings is 1. The van der Waals surface area contributed by atoms with Crippen LogP contribution in [0.15, 0.2) is 23.6 Å². The van der Waals surface area contributed by atoms with Gasteiger partial charge in [-0.3, -0.25) is 0 Å². The standard InChI is InChI=1S/C8H10N2OS/c1-8(5-11-8)6-12-7-9-3-2-4-10-7/h2-4H,5-6H2,1H3. The Kier molecular flexibility index (Phi) is 2.02. The summed E-state index contributed by atoms with van der Waals surface area (Å²) in [7, 11) is 0. The van der Waals surface area contributed by atoms with Crippen molar-refractivity contribution in [3.63, 3.8) is 0 Å². The highest BCUT2D eigenvalue weighted by Crippen LogP contribution is 2.31. The number of hydrogen-bond donors (Lipinski definition) is 0. The van der Waals surface area contributed by atoms with Gasteiger partial charge in [-0.2, -0.15) is 0 Å². The van der Waals surface area contributed by atoms with E-state index in [1.165, 1.54) is 0 Å². The second-order valence-electron chi connectivity index (χ2n) is 3.06. The highest BCUT2D eigenvalue weighted by molar-refractivity contribution is 7.99. The van der Waals surface area contributed by atoms with Gasteiger partial charge in [-0.15, -0.1) is 0 Å². The van der Waals surface area contributed by atoms with E-state index in [1.807, 2.05) is 6.07 Å². The molecule has 1 atom stereocenters. The summed E-state index contributed by atoms with van der Waals surface area (Å²) in [5.74, 6) is 0.941. The zero-order valence-corrected chi connectivity index (χ0v) is 7.67. The van der Waals surface area contributed by atoms with Crippen molar-refractivity contribution in [2.45, 2.75) is 17.7 Å². The molecule has 1 saturated heterocycles. The maximum Gasteiger partial charge on any atom is 0.187 e. The lowest BCUT2D eigenvalue weighted by Crippen LogP contribution is -2.07. The topological polar surface area (TPSA) is 38.3 Å². The number of rotatable bonds is 3. The van der Waals surface area contributed by atoms with Gasteiger partial charge >= 0.3 is 0 Å². The molecule has 1 aliphatic rings. The first kappa shape index (κ1) is 8.01. The van der Waals surface area contributed by atoms with Crippen LogP contribution < -0.4 is 0 Å². The molecule has 1 aromatic heterocycles. The van der Waals surface area contributed by atoms with Crippen LogP contribution in [0.25, 0.3) is 0 Å². The minimum absolute atomic E-state index is 0.0872. The lowest BCUT2D eigenvalue weighted by Gasteiger charge is -2.01. The zero-order chi connectivity index (χ0) is 8.44. The maximum absolute atomic E-state index is 5.24. The second-order valence-corrected chi connectivity index (χ2v) is 4.00. The van der Waals surface area contributed by atoms with E-state index in [9.17, 15) is 0 Å².